The minimum absolute atomic E-state index is 0.0318. The SMILES string of the molecule is COc1cc(C=C2SC(=S)N(c3ccc(C)cc3)C2=O)ccc1Oc1nc2c(c(=O)n(C)c(=O)n2C)n1Cc1ccc(Cl)cc1Cl. The normalized spacial score (nSPS) is 14.1. The maximum absolute atomic E-state index is 13.3. The van der Waals surface area contributed by atoms with Crippen LogP contribution in [0.1, 0.15) is 16.7 Å². The van der Waals surface area contributed by atoms with E-state index in [1.807, 2.05) is 31.2 Å². The standard InChI is InChI=1S/C32H25Cl2N5O5S2/c1-17-5-10-21(11-6-17)39-28(40)25(46-32(39)45)14-18-7-12-23(24(13-18)43-4)44-30-35-27-26(29(41)37(3)31(42)36(27)2)38(30)16-19-8-9-20(33)15-22(19)34/h5-15H,16H2,1-4H3. The van der Waals surface area contributed by atoms with Crippen LogP contribution in [-0.4, -0.2) is 36.0 Å². The Labute approximate surface area is 282 Å². The van der Waals surface area contributed by atoms with E-state index in [0.29, 0.717) is 41.8 Å². The zero-order valence-electron chi connectivity index (χ0n) is 24.9. The minimum atomic E-state index is -0.546. The molecule has 1 fully saturated rings. The van der Waals surface area contributed by atoms with Crippen molar-refractivity contribution in [1.82, 2.24) is 18.7 Å². The number of benzene rings is 3. The Bertz CT molecular complexity index is 2220. The molecule has 0 unspecified atom stereocenters. The van der Waals surface area contributed by atoms with Crippen LogP contribution in [0.15, 0.2) is 75.2 Å². The number of rotatable bonds is 7. The first-order chi connectivity index (χ1) is 22.0. The topological polar surface area (TPSA) is 101 Å². The number of nitrogens with zero attached hydrogens (tertiary/aromatic N) is 5. The van der Waals surface area contributed by atoms with Gasteiger partial charge in [0.2, 0.25) is 0 Å². The molecule has 0 N–H and O–H groups in total. The number of anilines is 1. The third-order valence-corrected chi connectivity index (χ3v) is 9.32. The van der Waals surface area contributed by atoms with Crippen molar-refractivity contribution in [2.45, 2.75) is 13.5 Å². The fourth-order valence-electron chi connectivity index (χ4n) is 4.96. The quantitative estimate of drug-likeness (QED) is 0.145. The number of hydrogen-bond acceptors (Lipinski definition) is 8. The first-order valence-electron chi connectivity index (χ1n) is 13.8. The molecule has 0 radical (unpaired) electrons. The van der Waals surface area contributed by atoms with E-state index in [4.69, 9.17) is 44.9 Å². The molecule has 2 aromatic heterocycles. The van der Waals surface area contributed by atoms with Crippen LogP contribution in [0.5, 0.6) is 17.5 Å². The summed E-state index contributed by atoms with van der Waals surface area (Å²) < 4.78 is 16.2. The van der Waals surface area contributed by atoms with Gasteiger partial charge in [-0.2, -0.15) is 4.98 Å². The van der Waals surface area contributed by atoms with Crippen molar-refractivity contribution in [3.8, 4) is 17.5 Å². The maximum Gasteiger partial charge on any atom is 0.332 e. The number of carbonyl (C=O) groups is 1. The van der Waals surface area contributed by atoms with Gasteiger partial charge in [0.15, 0.2) is 27.0 Å². The van der Waals surface area contributed by atoms with Crippen molar-refractivity contribution in [1.29, 1.82) is 0 Å². The van der Waals surface area contributed by atoms with Crippen molar-refractivity contribution in [2.24, 2.45) is 14.1 Å². The molecule has 1 amide bonds. The maximum atomic E-state index is 13.3. The van der Waals surface area contributed by atoms with Gasteiger partial charge in [-0.3, -0.25) is 28.2 Å². The molecule has 3 heterocycles. The lowest BCUT2D eigenvalue weighted by Gasteiger charge is -2.14. The van der Waals surface area contributed by atoms with Crippen molar-refractivity contribution in [3.63, 3.8) is 0 Å². The zero-order chi connectivity index (χ0) is 32.9. The first kappa shape index (κ1) is 31.6. The molecular weight excluding hydrogens is 669 g/mol. The molecule has 1 aliphatic rings. The summed E-state index contributed by atoms with van der Waals surface area (Å²) in [6, 6.07) is 17.8. The van der Waals surface area contributed by atoms with Gasteiger partial charge in [-0.15, -0.1) is 0 Å². The molecular formula is C32H25Cl2N5O5S2. The van der Waals surface area contributed by atoms with E-state index in [2.05, 4.69) is 4.98 Å². The number of methoxy groups -OCH3 is 1. The zero-order valence-corrected chi connectivity index (χ0v) is 28.1. The number of carbonyl (C=O) groups excluding carboxylic acids is 1. The Morgan fingerprint density at radius 1 is 0.957 bits per heavy atom. The van der Waals surface area contributed by atoms with Crippen LogP contribution in [0.2, 0.25) is 10.0 Å². The van der Waals surface area contributed by atoms with E-state index in [9.17, 15) is 14.4 Å². The van der Waals surface area contributed by atoms with Crippen molar-refractivity contribution < 1.29 is 14.3 Å². The summed E-state index contributed by atoms with van der Waals surface area (Å²) in [7, 11) is 4.41. The average molecular weight is 695 g/mol. The van der Waals surface area contributed by atoms with Gasteiger partial charge >= 0.3 is 11.7 Å². The number of fused-ring (bicyclic) bond motifs is 1. The lowest BCUT2D eigenvalue weighted by atomic mass is 10.1. The number of aryl methyl sites for hydroxylation is 2. The highest BCUT2D eigenvalue weighted by atomic mass is 35.5. The number of thiocarbonyl (C=S) groups is 1. The Kier molecular flexibility index (Phi) is 8.55. The molecule has 234 valence electrons. The second kappa shape index (κ2) is 12.4. The number of halogens is 2. The summed E-state index contributed by atoms with van der Waals surface area (Å²) >= 11 is 19.3. The van der Waals surface area contributed by atoms with Crippen molar-refractivity contribution >= 4 is 80.3 Å². The number of amides is 1. The average Bonchev–Trinajstić information content (AvgIpc) is 3.52. The first-order valence-corrected chi connectivity index (χ1v) is 15.8. The molecule has 0 aliphatic carbocycles. The van der Waals surface area contributed by atoms with Crippen LogP contribution in [0.25, 0.3) is 17.2 Å². The molecule has 6 rings (SSSR count). The van der Waals surface area contributed by atoms with Crippen LogP contribution in [-0.2, 0) is 25.4 Å². The van der Waals surface area contributed by atoms with Crippen LogP contribution < -0.4 is 25.6 Å². The number of thioether (sulfide) groups is 1. The molecule has 0 atom stereocenters. The Morgan fingerprint density at radius 3 is 2.39 bits per heavy atom. The Balaban J connectivity index is 1.38. The summed E-state index contributed by atoms with van der Waals surface area (Å²) in [5, 5.41) is 0.845. The molecule has 0 bridgehead atoms. The fourth-order valence-corrected chi connectivity index (χ4v) is 6.73. The van der Waals surface area contributed by atoms with E-state index < -0.39 is 11.2 Å². The predicted molar refractivity (Wildman–Crippen MR) is 186 cm³/mol. The molecule has 5 aromatic rings. The van der Waals surface area contributed by atoms with Crippen molar-refractivity contribution in [2.75, 3.05) is 12.0 Å². The molecule has 0 saturated carbocycles. The van der Waals surface area contributed by atoms with Crippen LogP contribution in [0.3, 0.4) is 0 Å². The van der Waals surface area contributed by atoms with Crippen LogP contribution >= 0.6 is 47.2 Å². The molecule has 46 heavy (non-hydrogen) atoms. The van der Waals surface area contributed by atoms with Gasteiger partial charge in [0.25, 0.3) is 11.5 Å². The van der Waals surface area contributed by atoms with Gasteiger partial charge in [0.1, 0.15) is 0 Å². The predicted octanol–water partition coefficient (Wildman–Crippen LogP) is 6.30. The number of aromatic nitrogens is 4. The van der Waals surface area contributed by atoms with E-state index in [-0.39, 0.29) is 35.4 Å². The minimum Gasteiger partial charge on any atom is -0.493 e. The highest BCUT2D eigenvalue weighted by Gasteiger charge is 2.33. The van der Waals surface area contributed by atoms with Gasteiger partial charge < -0.3 is 9.47 Å². The molecule has 0 spiro atoms. The van der Waals surface area contributed by atoms with Gasteiger partial charge in [0.05, 0.1) is 24.2 Å². The third-order valence-electron chi connectivity index (χ3n) is 7.43. The fraction of sp³-hybridized carbons (Fsp3) is 0.156. The molecule has 1 aliphatic heterocycles. The lowest BCUT2D eigenvalue weighted by molar-refractivity contribution is -0.113. The number of ether oxygens (including phenoxy) is 2. The number of hydrogen-bond donors (Lipinski definition) is 0. The largest absolute Gasteiger partial charge is 0.493 e. The smallest absolute Gasteiger partial charge is 0.332 e. The number of imidazole rings is 1. The van der Waals surface area contributed by atoms with Gasteiger partial charge in [-0.05, 0) is 60.5 Å². The summed E-state index contributed by atoms with van der Waals surface area (Å²) in [5.41, 5.74) is 2.31. The molecule has 3 aromatic carbocycles. The van der Waals surface area contributed by atoms with Crippen molar-refractivity contribution in [3.05, 3.63) is 113 Å². The molecule has 1 saturated heterocycles. The third kappa shape index (κ3) is 5.73. The summed E-state index contributed by atoms with van der Waals surface area (Å²) in [6.45, 7) is 2.07. The summed E-state index contributed by atoms with van der Waals surface area (Å²) in [5.74, 6) is 0.403. The Morgan fingerprint density at radius 2 is 1.70 bits per heavy atom. The highest BCUT2D eigenvalue weighted by Crippen LogP contribution is 2.38. The summed E-state index contributed by atoms with van der Waals surface area (Å²) in [4.78, 5) is 45.9. The van der Waals surface area contributed by atoms with E-state index in [1.165, 1.54) is 42.4 Å². The monoisotopic (exact) mass is 693 g/mol. The van der Waals surface area contributed by atoms with Crippen LogP contribution in [0, 0.1) is 6.92 Å². The van der Waals surface area contributed by atoms with Crippen LogP contribution in [0.4, 0.5) is 5.69 Å². The summed E-state index contributed by atoms with van der Waals surface area (Å²) in [6.07, 6.45) is 1.73. The van der Waals surface area contributed by atoms with Gasteiger partial charge in [-0.25, -0.2) is 4.79 Å². The van der Waals surface area contributed by atoms with Gasteiger partial charge in [-0.1, -0.05) is 77.0 Å². The molecule has 10 nitrogen and oxygen atoms in total. The van der Waals surface area contributed by atoms with E-state index in [1.54, 1.807) is 47.0 Å². The van der Waals surface area contributed by atoms with E-state index in [0.717, 1.165) is 10.1 Å². The second-order valence-corrected chi connectivity index (χ2v) is 13.0. The van der Waals surface area contributed by atoms with E-state index >= 15 is 0 Å². The lowest BCUT2D eigenvalue weighted by Crippen LogP contribution is -2.37. The second-order valence-electron chi connectivity index (χ2n) is 10.5. The Hall–Kier alpha value is -4.36. The highest BCUT2D eigenvalue weighted by molar-refractivity contribution is 8.27. The molecule has 14 heteroatoms. The van der Waals surface area contributed by atoms with Gasteiger partial charge in [0, 0.05) is 24.1 Å².